The summed E-state index contributed by atoms with van der Waals surface area (Å²) in [7, 11) is 2.10. The predicted molar refractivity (Wildman–Crippen MR) is 98.9 cm³/mol. The average molecular weight is 365 g/mol. The standard InChI is InChI=1S/C19H19N5O3/c1-23-8-2-3-15(23)14-10-24-11-16(20-9-17(24)21-14)22-18(25)12-4-6-13(7-5-12)19(26)27/h4-7,9-11,15H,2-3,8H2,1H3,(H,22,25)(H,26,27)/t15-/m1/s1. The topological polar surface area (TPSA) is 99.8 Å². The molecule has 3 heterocycles. The van der Waals surface area contributed by atoms with E-state index >= 15 is 0 Å². The van der Waals surface area contributed by atoms with Gasteiger partial charge in [-0.3, -0.25) is 9.69 Å². The molecule has 0 spiro atoms. The molecule has 8 nitrogen and oxygen atoms in total. The van der Waals surface area contributed by atoms with Crippen molar-refractivity contribution in [1.82, 2.24) is 19.3 Å². The Labute approximate surface area is 155 Å². The first-order chi connectivity index (χ1) is 13.0. The Morgan fingerprint density at radius 3 is 2.59 bits per heavy atom. The van der Waals surface area contributed by atoms with Crippen molar-refractivity contribution < 1.29 is 14.7 Å². The number of aromatic carboxylic acids is 1. The molecule has 1 atom stereocenters. The summed E-state index contributed by atoms with van der Waals surface area (Å²) in [5.74, 6) is -0.980. The summed E-state index contributed by atoms with van der Waals surface area (Å²) in [6.45, 7) is 1.07. The van der Waals surface area contributed by atoms with Crippen molar-refractivity contribution in [3.05, 3.63) is 59.7 Å². The lowest BCUT2D eigenvalue weighted by atomic mass is 10.1. The van der Waals surface area contributed by atoms with Gasteiger partial charge in [-0.05, 0) is 50.7 Å². The second-order valence-corrected chi connectivity index (χ2v) is 6.68. The van der Waals surface area contributed by atoms with Crippen molar-refractivity contribution in [3.8, 4) is 0 Å². The van der Waals surface area contributed by atoms with E-state index in [2.05, 4.69) is 27.2 Å². The maximum atomic E-state index is 12.4. The van der Waals surface area contributed by atoms with Crippen LogP contribution >= 0.6 is 0 Å². The summed E-state index contributed by atoms with van der Waals surface area (Å²) < 4.78 is 1.86. The fourth-order valence-corrected chi connectivity index (χ4v) is 3.38. The number of likely N-dealkylation sites (tertiary alicyclic amines) is 1. The fraction of sp³-hybridized carbons (Fsp3) is 0.263. The fourth-order valence-electron chi connectivity index (χ4n) is 3.38. The minimum Gasteiger partial charge on any atom is -0.478 e. The lowest BCUT2D eigenvalue weighted by Gasteiger charge is -2.16. The summed E-state index contributed by atoms with van der Waals surface area (Å²) in [5.41, 5.74) is 2.23. The van der Waals surface area contributed by atoms with Gasteiger partial charge in [0.15, 0.2) is 5.65 Å². The summed E-state index contributed by atoms with van der Waals surface area (Å²) in [4.78, 5) is 34.4. The first-order valence-corrected chi connectivity index (χ1v) is 8.71. The van der Waals surface area contributed by atoms with Crippen LogP contribution in [-0.2, 0) is 0 Å². The van der Waals surface area contributed by atoms with E-state index in [1.807, 2.05) is 10.6 Å². The number of anilines is 1. The van der Waals surface area contributed by atoms with Crippen molar-refractivity contribution in [2.24, 2.45) is 0 Å². The lowest BCUT2D eigenvalue weighted by molar-refractivity contribution is 0.0696. The second-order valence-electron chi connectivity index (χ2n) is 6.68. The molecular weight excluding hydrogens is 346 g/mol. The molecule has 8 heteroatoms. The third-order valence-electron chi connectivity index (χ3n) is 4.86. The number of nitrogens with zero attached hydrogens (tertiary/aromatic N) is 4. The zero-order chi connectivity index (χ0) is 19.0. The van der Waals surface area contributed by atoms with E-state index in [9.17, 15) is 9.59 Å². The highest BCUT2D eigenvalue weighted by Gasteiger charge is 2.25. The summed E-state index contributed by atoms with van der Waals surface area (Å²) in [6, 6.07) is 6.06. The molecule has 1 aliphatic heterocycles. The van der Waals surface area contributed by atoms with E-state index < -0.39 is 5.97 Å². The van der Waals surface area contributed by atoms with Gasteiger partial charge in [0.1, 0.15) is 5.82 Å². The number of aromatic nitrogens is 3. The van der Waals surface area contributed by atoms with Gasteiger partial charge >= 0.3 is 5.97 Å². The van der Waals surface area contributed by atoms with Crippen LogP contribution in [0.15, 0.2) is 42.9 Å². The Morgan fingerprint density at radius 2 is 1.93 bits per heavy atom. The van der Waals surface area contributed by atoms with Crippen molar-refractivity contribution in [1.29, 1.82) is 0 Å². The zero-order valence-electron chi connectivity index (χ0n) is 14.8. The number of carbonyl (C=O) groups is 2. The molecule has 0 aliphatic carbocycles. The Bertz CT molecular complexity index is 1010. The third-order valence-corrected chi connectivity index (χ3v) is 4.86. The Morgan fingerprint density at radius 1 is 1.19 bits per heavy atom. The summed E-state index contributed by atoms with van der Waals surface area (Å²) in [5, 5.41) is 11.7. The molecule has 1 aromatic carbocycles. The Balaban J connectivity index is 1.53. The monoisotopic (exact) mass is 365 g/mol. The molecular formula is C19H19N5O3. The number of amides is 1. The van der Waals surface area contributed by atoms with Gasteiger partial charge in [-0.1, -0.05) is 0 Å². The summed E-state index contributed by atoms with van der Waals surface area (Å²) >= 11 is 0. The highest BCUT2D eigenvalue weighted by Crippen LogP contribution is 2.29. The van der Waals surface area contributed by atoms with Gasteiger partial charge in [-0.2, -0.15) is 0 Å². The molecule has 4 rings (SSSR count). The van der Waals surface area contributed by atoms with Crippen molar-refractivity contribution in [2.45, 2.75) is 18.9 Å². The van der Waals surface area contributed by atoms with Crippen molar-refractivity contribution >= 4 is 23.3 Å². The van der Waals surface area contributed by atoms with Crippen LogP contribution in [0.3, 0.4) is 0 Å². The minimum absolute atomic E-state index is 0.133. The van der Waals surface area contributed by atoms with E-state index in [1.54, 1.807) is 12.4 Å². The molecule has 0 unspecified atom stereocenters. The number of hydrogen-bond donors (Lipinski definition) is 2. The van der Waals surface area contributed by atoms with E-state index in [0.717, 1.165) is 30.7 Å². The second kappa shape index (κ2) is 6.81. The highest BCUT2D eigenvalue weighted by molar-refractivity contribution is 6.04. The minimum atomic E-state index is -1.03. The molecule has 27 heavy (non-hydrogen) atoms. The summed E-state index contributed by atoms with van der Waals surface area (Å²) in [6.07, 6.45) is 7.58. The average Bonchev–Trinajstić information content (AvgIpc) is 3.26. The number of imidazole rings is 1. The number of rotatable bonds is 4. The Hall–Kier alpha value is -3.26. The molecule has 3 aromatic rings. The third kappa shape index (κ3) is 3.39. The first kappa shape index (κ1) is 17.2. The molecule has 1 saturated heterocycles. The van der Waals surface area contributed by atoms with Crippen LogP contribution in [0.1, 0.15) is 45.3 Å². The van der Waals surface area contributed by atoms with E-state index in [-0.39, 0.29) is 11.5 Å². The van der Waals surface area contributed by atoms with Crippen LogP contribution in [0, 0.1) is 0 Å². The lowest BCUT2D eigenvalue weighted by Crippen LogP contribution is -2.17. The zero-order valence-corrected chi connectivity index (χ0v) is 14.8. The maximum Gasteiger partial charge on any atom is 0.335 e. The molecule has 0 bridgehead atoms. The number of carbonyl (C=O) groups excluding carboxylic acids is 1. The van der Waals surface area contributed by atoms with Gasteiger partial charge in [0.05, 0.1) is 29.7 Å². The van der Waals surface area contributed by atoms with E-state index in [1.165, 1.54) is 24.3 Å². The molecule has 1 fully saturated rings. The number of hydrogen-bond acceptors (Lipinski definition) is 5. The number of benzene rings is 1. The molecule has 0 radical (unpaired) electrons. The molecule has 0 saturated carbocycles. The van der Waals surface area contributed by atoms with Gasteiger partial charge < -0.3 is 14.8 Å². The number of carboxylic acids is 1. The van der Waals surface area contributed by atoms with Crippen LogP contribution in [0.2, 0.25) is 0 Å². The van der Waals surface area contributed by atoms with Gasteiger partial charge in [-0.15, -0.1) is 0 Å². The maximum absolute atomic E-state index is 12.4. The van der Waals surface area contributed by atoms with Gasteiger partial charge in [0.25, 0.3) is 5.91 Å². The molecule has 138 valence electrons. The van der Waals surface area contributed by atoms with E-state index in [4.69, 9.17) is 5.11 Å². The predicted octanol–water partition coefficient (Wildman–Crippen LogP) is 2.45. The van der Waals surface area contributed by atoms with Crippen molar-refractivity contribution in [3.63, 3.8) is 0 Å². The molecule has 1 amide bonds. The van der Waals surface area contributed by atoms with Gasteiger partial charge in [-0.25, -0.2) is 14.8 Å². The molecule has 1 aliphatic rings. The highest BCUT2D eigenvalue weighted by atomic mass is 16.4. The van der Waals surface area contributed by atoms with Crippen LogP contribution in [0.5, 0.6) is 0 Å². The van der Waals surface area contributed by atoms with Crippen LogP contribution in [0.4, 0.5) is 5.82 Å². The van der Waals surface area contributed by atoms with E-state index in [0.29, 0.717) is 17.4 Å². The SMILES string of the molecule is CN1CCC[C@@H]1c1cn2cc(NC(=O)c3ccc(C(=O)O)cc3)ncc2n1. The van der Waals surface area contributed by atoms with Gasteiger partial charge in [0.2, 0.25) is 0 Å². The van der Waals surface area contributed by atoms with Crippen LogP contribution in [0.25, 0.3) is 5.65 Å². The quantitative estimate of drug-likeness (QED) is 0.737. The smallest absolute Gasteiger partial charge is 0.335 e. The number of carboxylic acid groups (broad SMARTS) is 1. The largest absolute Gasteiger partial charge is 0.478 e. The van der Waals surface area contributed by atoms with Crippen molar-refractivity contribution in [2.75, 3.05) is 18.9 Å². The molecule has 2 aromatic heterocycles. The van der Waals surface area contributed by atoms with Crippen LogP contribution in [-0.4, -0.2) is 49.8 Å². The normalized spacial score (nSPS) is 17.3. The first-order valence-electron chi connectivity index (χ1n) is 8.71. The van der Waals surface area contributed by atoms with Crippen LogP contribution < -0.4 is 5.32 Å². The Kier molecular flexibility index (Phi) is 4.33. The number of fused-ring (bicyclic) bond motifs is 1. The number of nitrogens with one attached hydrogen (secondary N) is 1. The molecule has 2 N–H and O–H groups in total. The van der Waals surface area contributed by atoms with Gasteiger partial charge in [0, 0.05) is 11.8 Å².